The van der Waals surface area contributed by atoms with Crippen molar-refractivity contribution in [1.82, 2.24) is 4.31 Å². The maximum atomic E-state index is 13.5. The summed E-state index contributed by atoms with van der Waals surface area (Å²) in [5.41, 5.74) is 9.90. The van der Waals surface area contributed by atoms with Gasteiger partial charge in [-0.25, -0.2) is 12.7 Å². The maximum Gasteiger partial charge on any atom is 0.240 e. The molecule has 2 saturated heterocycles. The fourth-order valence-corrected chi connectivity index (χ4v) is 7.40. The minimum Gasteiger partial charge on any atom is -0.491 e. The number of aliphatic hydroxyl groups excluding tert-OH is 2. The van der Waals surface area contributed by atoms with Crippen molar-refractivity contribution in [1.29, 1.82) is 0 Å². The van der Waals surface area contributed by atoms with E-state index in [0.717, 1.165) is 22.3 Å². The lowest BCUT2D eigenvalue weighted by atomic mass is 9.87. The van der Waals surface area contributed by atoms with Crippen LogP contribution in [0.5, 0.6) is 5.75 Å². The number of hydrogen-bond acceptors (Lipinski definition) is 7. The molecule has 0 radical (unpaired) electrons. The molecule has 2 aliphatic rings. The van der Waals surface area contributed by atoms with Gasteiger partial charge < -0.3 is 25.4 Å². The van der Waals surface area contributed by atoms with E-state index in [9.17, 15) is 18.3 Å². The van der Waals surface area contributed by atoms with Crippen LogP contribution < -0.4 is 10.5 Å². The maximum absolute atomic E-state index is 13.5. The fourth-order valence-electron chi connectivity index (χ4n) is 5.27. The number of carbonyl (C=O) groups excluding carboxylic acids is 1. The van der Waals surface area contributed by atoms with Gasteiger partial charge in [0.25, 0.3) is 0 Å². The van der Waals surface area contributed by atoms with E-state index in [1.165, 1.54) is 4.31 Å². The van der Waals surface area contributed by atoms with Crippen molar-refractivity contribution in [2.45, 2.75) is 49.4 Å². The molecule has 2 aliphatic heterocycles. The molecular weight excluding hydrogens is 496 g/mol. The normalized spacial score (nSPS) is 19.9. The molecule has 0 unspecified atom stereocenters. The summed E-state index contributed by atoms with van der Waals surface area (Å²) in [5, 5.41) is 18.5. The summed E-state index contributed by atoms with van der Waals surface area (Å²) in [6.45, 7) is 2.83. The van der Waals surface area contributed by atoms with Crippen LogP contribution in [0.4, 0.5) is 0 Å². The zero-order chi connectivity index (χ0) is 26.6. The van der Waals surface area contributed by atoms with E-state index in [1.54, 1.807) is 0 Å². The fraction of sp³-hybridized carbons (Fsp3) is 0.519. The predicted molar refractivity (Wildman–Crippen MR) is 140 cm³/mol. The van der Waals surface area contributed by atoms with E-state index in [0.29, 0.717) is 31.7 Å². The van der Waals surface area contributed by atoms with Crippen molar-refractivity contribution in [3.8, 4) is 16.9 Å². The summed E-state index contributed by atoms with van der Waals surface area (Å²) in [6.07, 6.45) is 0.600. The molecule has 0 saturated carbocycles. The molecule has 0 bridgehead atoms. The molecule has 2 fully saturated rings. The van der Waals surface area contributed by atoms with Crippen molar-refractivity contribution in [2.24, 2.45) is 5.73 Å². The molecule has 2 aromatic rings. The Morgan fingerprint density at radius 2 is 1.89 bits per heavy atom. The van der Waals surface area contributed by atoms with Gasteiger partial charge in [0.1, 0.15) is 18.5 Å². The lowest BCUT2D eigenvalue weighted by Crippen LogP contribution is -2.59. The number of nitrogens with two attached hydrogens (primary N) is 1. The Hall–Kier alpha value is -2.50. The molecule has 10 heteroatoms. The number of hydrogen-bond donors (Lipinski definition) is 3. The predicted octanol–water partition coefficient (Wildman–Crippen LogP) is 1.94. The Kier molecular flexibility index (Phi) is 8.55. The highest BCUT2D eigenvalue weighted by molar-refractivity contribution is 7.91. The van der Waals surface area contributed by atoms with Gasteiger partial charge in [-0.1, -0.05) is 30.3 Å². The van der Waals surface area contributed by atoms with Gasteiger partial charge in [0, 0.05) is 39.1 Å². The molecule has 0 aromatic heterocycles. The third-order valence-corrected chi connectivity index (χ3v) is 10.2. The van der Waals surface area contributed by atoms with Crippen LogP contribution >= 0.6 is 0 Å². The van der Waals surface area contributed by atoms with Gasteiger partial charge in [0.05, 0.1) is 6.61 Å². The molecule has 9 nitrogen and oxygen atoms in total. The number of nitrogens with zero attached hydrogens (tertiary/aromatic N) is 1. The Balaban J connectivity index is 1.44. The van der Waals surface area contributed by atoms with Gasteiger partial charge in [-0.15, -0.1) is 0 Å². The van der Waals surface area contributed by atoms with Crippen LogP contribution in [0.25, 0.3) is 11.1 Å². The number of piperidine rings is 1. The first-order chi connectivity index (χ1) is 17.7. The van der Waals surface area contributed by atoms with E-state index in [4.69, 9.17) is 20.3 Å². The molecule has 0 aliphatic carbocycles. The van der Waals surface area contributed by atoms with Gasteiger partial charge in [-0.2, -0.15) is 0 Å². The van der Waals surface area contributed by atoms with E-state index < -0.39 is 26.8 Å². The van der Waals surface area contributed by atoms with Crippen LogP contribution in [0.15, 0.2) is 42.5 Å². The second-order valence-corrected chi connectivity index (χ2v) is 12.1. The first-order valence-corrected chi connectivity index (χ1v) is 14.1. The molecule has 2 aromatic carbocycles. The van der Waals surface area contributed by atoms with Crippen LogP contribution in [-0.4, -0.2) is 79.2 Å². The largest absolute Gasteiger partial charge is 0.491 e. The standard InChI is InChI=1S/C27H36N2O7S/c1-19-15-21(5-6-25(19)22-3-2-4-24(16-22)36-18-23(31)17-30)20-7-11-29(12-8-20)37(33,34)27(26(28)32)9-13-35-14-10-27/h2-6,15-16,20,23,30-31H,7-14,17-18H2,1H3,(H2,28,32)/t23-/m0/s1. The zero-order valence-electron chi connectivity index (χ0n) is 21.1. The average Bonchev–Trinajstić information content (AvgIpc) is 2.92. The Labute approximate surface area is 218 Å². The zero-order valence-corrected chi connectivity index (χ0v) is 22.0. The van der Waals surface area contributed by atoms with E-state index in [1.807, 2.05) is 31.2 Å². The van der Waals surface area contributed by atoms with Crippen molar-refractivity contribution in [2.75, 3.05) is 39.5 Å². The highest BCUT2D eigenvalue weighted by atomic mass is 32.2. The van der Waals surface area contributed by atoms with Crippen LogP contribution in [-0.2, 0) is 19.6 Å². The molecule has 4 N–H and O–H groups in total. The SMILES string of the molecule is Cc1cc(C2CCN(S(=O)(=O)C3(C(N)=O)CCOCC3)CC2)ccc1-c1cccc(OC[C@@H](O)CO)c1. The monoisotopic (exact) mass is 532 g/mol. The smallest absolute Gasteiger partial charge is 0.240 e. The van der Waals surface area contributed by atoms with E-state index in [-0.39, 0.29) is 45.2 Å². The quantitative estimate of drug-likeness (QED) is 0.448. The summed E-state index contributed by atoms with van der Waals surface area (Å²) < 4.78 is 37.7. The first kappa shape index (κ1) is 27.5. The molecular formula is C27H36N2O7S. The van der Waals surface area contributed by atoms with Gasteiger partial charge >= 0.3 is 0 Å². The summed E-state index contributed by atoms with van der Waals surface area (Å²) in [5.74, 6) is 0.0385. The van der Waals surface area contributed by atoms with Crippen molar-refractivity contribution >= 4 is 15.9 Å². The number of sulfonamides is 1. The van der Waals surface area contributed by atoms with Crippen molar-refractivity contribution < 1.29 is 32.9 Å². The first-order valence-electron chi connectivity index (χ1n) is 12.7. The molecule has 202 valence electrons. The highest BCUT2D eigenvalue weighted by Crippen LogP contribution is 2.37. The number of ether oxygens (including phenoxy) is 2. The summed E-state index contributed by atoms with van der Waals surface area (Å²) in [6, 6.07) is 13.9. The number of aryl methyl sites for hydroxylation is 1. The lowest BCUT2D eigenvalue weighted by Gasteiger charge is -2.40. The molecule has 2 heterocycles. The molecule has 1 atom stereocenters. The van der Waals surface area contributed by atoms with Crippen LogP contribution in [0, 0.1) is 6.92 Å². The van der Waals surface area contributed by atoms with Crippen molar-refractivity contribution in [3.05, 3.63) is 53.6 Å². The summed E-state index contributed by atoms with van der Waals surface area (Å²) >= 11 is 0. The molecule has 4 rings (SSSR count). The number of carbonyl (C=O) groups is 1. The minimum atomic E-state index is -3.88. The van der Waals surface area contributed by atoms with Crippen LogP contribution in [0.3, 0.4) is 0 Å². The van der Waals surface area contributed by atoms with Gasteiger partial charge in [-0.05, 0) is 60.1 Å². The lowest BCUT2D eigenvalue weighted by molar-refractivity contribution is -0.123. The average molecular weight is 533 g/mol. The highest BCUT2D eigenvalue weighted by Gasteiger charge is 2.53. The van der Waals surface area contributed by atoms with Gasteiger partial charge in [0.2, 0.25) is 15.9 Å². The van der Waals surface area contributed by atoms with E-state index >= 15 is 0 Å². The Bertz CT molecular complexity index is 1200. The summed E-state index contributed by atoms with van der Waals surface area (Å²) in [4.78, 5) is 12.3. The third-order valence-electron chi connectivity index (χ3n) is 7.56. The number of aliphatic hydroxyl groups is 2. The van der Waals surface area contributed by atoms with E-state index in [2.05, 4.69) is 18.2 Å². The number of amides is 1. The third kappa shape index (κ3) is 5.68. The van der Waals surface area contributed by atoms with Crippen LogP contribution in [0.2, 0.25) is 0 Å². The molecule has 0 spiro atoms. The Morgan fingerprint density at radius 3 is 2.51 bits per heavy atom. The minimum absolute atomic E-state index is 0.0145. The molecule has 37 heavy (non-hydrogen) atoms. The van der Waals surface area contributed by atoms with Crippen molar-refractivity contribution in [3.63, 3.8) is 0 Å². The van der Waals surface area contributed by atoms with Crippen LogP contribution in [0.1, 0.15) is 42.7 Å². The number of primary amides is 1. The topological polar surface area (TPSA) is 139 Å². The number of rotatable bonds is 9. The number of benzene rings is 2. The van der Waals surface area contributed by atoms with Gasteiger partial charge in [-0.3, -0.25) is 4.79 Å². The molecule has 1 amide bonds. The second-order valence-electron chi connectivity index (χ2n) is 9.90. The summed E-state index contributed by atoms with van der Waals surface area (Å²) in [7, 11) is -3.88. The Morgan fingerprint density at radius 1 is 1.19 bits per heavy atom. The second kappa shape index (κ2) is 11.5. The van der Waals surface area contributed by atoms with Gasteiger partial charge in [0.15, 0.2) is 4.75 Å².